The average Bonchev–Trinajstić information content (AvgIpc) is 2.96. The lowest BCUT2D eigenvalue weighted by Gasteiger charge is -2.32. The van der Waals surface area contributed by atoms with Crippen LogP contribution in [0.2, 0.25) is 0 Å². The lowest BCUT2D eigenvalue weighted by Crippen LogP contribution is -2.34. The molecule has 1 heterocycles. The van der Waals surface area contributed by atoms with Crippen LogP contribution < -0.4 is 0 Å². The van der Waals surface area contributed by atoms with Crippen molar-refractivity contribution in [3.8, 4) is 0 Å². The van der Waals surface area contributed by atoms with E-state index in [4.69, 9.17) is 9.47 Å². The summed E-state index contributed by atoms with van der Waals surface area (Å²) < 4.78 is 11.9. The number of rotatable bonds is 9. The van der Waals surface area contributed by atoms with Crippen molar-refractivity contribution in [1.82, 2.24) is 0 Å². The summed E-state index contributed by atoms with van der Waals surface area (Å²) in [5.74, 6) is -0.0633. The van der Waals surface area contributed by atoms with Gasteiger partial charge in [0.25, 0.3) is 0 Å². The summed E-state index contributed by atoms with van der Waals surface area (Å²) in [4.78, 5) is 11.2. The fourth-order valence-electron chi connectivity index (χ4n) is 4.76. The molecule has 0 spiro atoms. The molecule has 3 rings (SSSR count). The number of aldehydes is 1. The smallest absolute Gasteiger partial charge is 0.157 e. The van der Waals surface area contributed by atoms with Gasteiger partial charge in [-0.15, -0.1) is 0 Å². The maximum Gasteiger partial charge on any atom is 0.157 e. The van der Waals surface area contributed by atoms with Crippen LogP contribution in [-0.4, -0.2) is 47.2 Å². The second kappa shape index (κ2) is 9.97. The number of ether oxygens (including phenoxy) is 2. The first-order valence-electron chi connectivity index (χ1n) is 10.6. The number of hydrogen-bond donors (Lipinski definition) is 2. The number of aliphatic hydroxyl groups is 2. The Morgan fingerprint density at radius 2 is 2.04 bits per heavy atom. The summed E-state index contributed by atoms with van der Waals surface area (Å²) in [6.45, 7) is 2.58. The molecule has 1 saturated heterocycles. The first-order valence-corrected chi connectivity index (χ1v) is 10.6. The normalized spacial score (nSPS) is 32.8. The van der Waals surface area contributed by atoms with Crippen LogP contribution in [0.4, 0.5) is 0 Å². The highest BCUT2D eigenvalue weighted by molar-refractivity contribution is 5.50. The zero-order valence-electron chi connectivity index (χ0n) is 16.8. The Kier molecular flexibility index (Phi) is 7.63. The molecule has 2 unspecified atom stereocenters. The van der Waals surface area contributed by atoms with Gasteiger partial charge in [0, 0.05) is 25.9 Å². The van der Waals surface area contributed by atoms with Gasteiger partial charge in [0.2, 0.25) is 0 Å². The van der Waals surface area contributed by atoms with Crippen molar-refractivity contribution in [2.45, 2.75) is 82.4 Å². The Labute approximate surface area is 168 Å². The molecule has 6 atom stereocenters. The second-order valence-electron chi connectivity index (χ2n) is 8.70. The van der Waals surface area contributed by atoms with Crippen LogP contribution >= 0.6 is 0 Å². The summed E-state index contributed by atoms with van der Waals surface area (Å²) in [6, 6.07) is 9.97. The van der Waals surface area contributed by atoms with E-state index in [1.165, 1.54) is 0 Å². The number of carbonyl (C=O) groups excluding carboxylic acids is 1. The van der Waals surface area contributed by atoms with Crippen LogP contribution in [0, 0.1) is 11.8 Å². The van der Waals surface area contributed by atoms with Crippen molar-refractivity contribution in [3.63, 3.8) is 0 Å². The van der Waals surface area contributed by atoms with Gasteiger partial charge in [0.1, 0.15) is 6.29 Å². The van der Waals surface area contributed by atoms with Gasteiger partial charge in [-0.25, -0.2) is 0 Å². The van der Waals surface area contributed by atoms with Crippen LogP contribution in [-0.2, 0) is 20.7 Å². The van der Waals surface area contributed by atoms with E-state index in [2.05, 4.69) is 0 Å². The summed E-state index contributed by atoms with van der Waals surface area (Å²) >= 11 is 0. The molecule has 28 heavy (non-hydrogen) atoms. The highest BCUT2D eigenvalue weighted by Crippen LogP contribution is 2.41. The third-order valence-electron chi connectivity index (χ3n) is 6.27. The van der Waals surface area contributed by atoms with Crippen LogP contribution in [0.3, 0.4) is 0 Å². The molecule has 0 bridgehead atoms. The van der Waals surface area contributed by atoms with Gasteiger partial charge in [-0.3, -0.25) is 0 Å². The number of carbonyl (C=O) groups is 1. The average molecular weight is 391 g/mol. The molecule has 0 aromatic heterocycles. The third kappa shape index (κ3) is 5.86. The Morgan fingerprint density at radius 1 is 1.25 bits per heavy atom. The molecule has 1 aliphatic carbocycles. The Bertz CT molecular complexity index is 596. The molecule has 2 N–H and O–H groups in total. The van der Waals surface area contributed by atoms with Crippen molar-refractivity contribution in [3.05, 3.63) is 35.9 Å². The van der Waals surface area contributed by atoms with E-state index in [9.17, 15) is 15.0 Å². The van der Waals surface area contributed by atoms with E-state index in [0.29, 0.717) is 38.7 Å². The third-order valence-corrected chi connectivity index (χ3v) is 6.27. The maximum absolute atomic E-state index is 11.2. The van der Waals surface area contributed by atoms with E-state index in [-0.39, 0.29) is 24.2 Å². The SMILES string of the molecule is CC(O)(CC[C@H]1[C@H](CC=O)[C@H](O)C[C@@H]1OC1CCCCO1)Cc1ccccc1. The van der Waals surface area contributed by atoms with Crippen molar-refractivity contribution in [2.24, 2.45) is 11.8 Å². The van der Waals surface area contributed by atoms with Crippen molar-refractivity contribution >= 4 is 6.29 Å². The summed E-state index contributed by atoms with van der Waals surface area (Å²) in [7, 11) is 0. The van der Waals surface area contributed by atoms with Crippen molar-refractivity contribution in [1.29, 1.82) is 0 Å². The number of benzene rings is 1. The van der Waals surface area contributed by atoms with Gasteiger partial charge in [-0.2, -0.15) is 0 Å². The Hall–Kier alpha value is -1.27. The molecular formula is C23H34O5. The minimum absolute atomic E-state index is 0.0491. The standard InChI is InChI=1S/C23H34O5/c1-23(26,16-17-7-3-2-4-8-17)12-10-19-18(11-13-24)20(25)15-21(19)28-22-9-5-6-14-27-22/h2-4,7-8,13,18-22,25-26H,5-6,9-12,14-16H2,1H3/t18-,19-,20+,21-,22?,23?/m0/s1. The van der Waals surface area contributed by atoms with Gasteiger partial charge < -0.3 is 24.5 Å². The number of hydrogen-bond acceptors (Lipinski definition) is 5. The zero-order chi connectivity index (χ0) is 20.0. The lowest BCUT2D eigenvalue weighted by atomic mass is 9.82. The molecule has 5 heteroatoms. The van der Waals surface area contributed by atoms with Crippen LogP contribution in [0.1, 0.15) is 57.4 Å². The molecule has 2 fully saturated rings. The van der Waals surface area contributed by atoms with Gasteiger partial charge in [0.05, 0.1) is 17.8 Å². The van der Waals surface area contributed by atoms with Gasteiger partial charge in [-0.1, -0.05) is 30.3 Å². The molecule has 0 radical (unpaired) electrons. The number of aliphatic hydroxyl groups excluding tert-OH is 1. The van der Waals surface area contributed by atoms with E-state index in [1.54, 1.807) is 0 Å². The van der Waals surface area contributed by atoms with E-state index < -0.39 is 11.7 Å². The van der Waals surface area contributed by atoms with Gasteiger partial charge >= 0.3 is 0 Å². The van der Waals surface area contributed by atoms with E-state index >= 15 is 0 Å². The summed E-state index contributed by atoms with van der Waals surface area (Å²) in [6.07, 6.45) is 5.80. The maximum atomic E-state index is 11.2. The van der Waals surface area contributed by atoms with Crippen LogP contribution in [0.25, 0.3) is 0 Å². The summed E-state index contributed by atoms with van der Waals surface area (Å²) in [5.41, 5.74) is 0.263. The van der Waals surface area contributed by atoms with Crippen molar-refractivity contribution in [2.75, 3.05) is 6.61 Å². The topological polar surface area (TPSA) is 76.0 Å². The van der Waals surface area contributed by atoms with Crippen LogP contribution in [0.5, 0.6) is 0 Å². The molecule has 5 nitrogen and oxygen atoms in total. The first kappa shape index (κ1) is 21.4. The predicted molar refractivity (Wildman–Crippen MR) is 107 cm³/mol. The fourth-order valence-corrected chi connectivity index (χ4v) is 4.76. The molecule has 156 valence electrons. The molecular weight excluding hydrogens is 356 g/mol. The zero-order valence-corrected chi connectivity index (χ0v) is 16.8. The largest absolute Gasteiger partial charge is 0.393 e. The van der Waals surface area contributed by atoms with Gasteiger partial charge in [0.15, 0.2) is 6.29 Å². The quantitative estimate of drug-likeness (QED) is 0.633. The first-order chi connectivity index (χ1) is 13.5. The molecule has 1 saturated carbocycles. The fraction of sp³-hybridized carbons (Fsp3) is 0.696. The molecule has 1 aromatic carbocycles. The Morgan fingerprint density at radius 3 is 2.71 bits per heavy atom. The van der Waals surface area contributed by atoms with Crippen molar-refractivity contribution < 1.29 is 24.5 Å². The summed E-state index contributed by atoms with van der Waals surface area (Å²) in [5, 5.41) is 21.4. The monoisotopic (exact) mass is 390 g/mol. The Balaban J connectivity index is 1.62. The molecule has 2 aliphatic rings. The molecule has 0 amide bonds. The second-order valence-corrected chi connectivity index (χ2v) is 8.70. The van der Waals surface area contributed by atoms with E-state index in [1.807, 2.05) is 37.3 Å². The molecule has 1 aliphatic heterocycles. The highest BCUT2D eigenvalue weighted by atomic mass is 16.7. The highest BCUT2D eigenvalue weighted by Gasteiger charge is 2.44. The van der Waals surface area contributed by atoms with Gasteiger partial charge in [-0.05, 0) is 56.4 Å². The minimum atomic E-state index is -0.841. The minimum Gasteiger partial charge on any atom is -0.393 e. The van der Waals surface area contributed by atoms with Crippen LogP contribution in [0.15, 0.2) is 30.3 Å². The van der Waals surface area contributed by atoms with E-state index in [0.717, 1.165) is 31.1 Å². The molecule has 1 aromatic rings. The predicted octanol–water partition coefficient (Wildman–Crippen LogP) is 3.26. The lowest BCUT2D eigenvalue weighted by molar-refractivity contribution is -0.197.